The monoisotopic (exact) mass is 357 g/mol. The van der Waals surface area contributed by atoms with Crippen molar-refractivity contribution < 1.29 is 4.74 Å². The van der Waals surface area contributed by atoms with Gasteiger partial charge in [0.1, 0.15) is 22.6 Å². The third-order valence-electron chi connectivity index (χ3n) is 4.66. The van der Waals surface area contributed by atoms with Gasteiger partial charge in [-0.2, -0.15) is 0 Å². The molecule has 7 heteroatoms. The summed E-state index contributed by atoms with van der Waals surface area (Å²) in [4.78, 5) is 18.5. The van der Waals surface area contributed by atoms with Gasteiger partial charge in [-0.3, -0.25) is 4.98 Å². The number of pyridine rings is 1. The van der Waals surface area contributed by atoms with Gasteiger partial charge in [0.05, 0.1) is 12.1 Å². The van der Waals surface area contributed by atoms with E-state index in [2.05, 4.69) is 30.9 Å². The average Bonchev–Trinajstić information content (AvgIpc) is 3.02. The van der Waals surface area contributed by atoms with Crippen molar-refractivity contribution >= 4 is 28.5 Å². The van der Waals surface area contributed by atoms with E-state index in [0.717, 1.165) is 48.5 Å². The first-order valence-corrected chi connectivity index (χ1v) is 8.86. The summed E-state index contributed by atoms with van der Waals surface area (Å²) in [5.41, 5.74) is 3.10. The molecule has 0 saturated carbocycles. The van der Waals surface area contributed by atoms with E-state index < -0.39 is 0 Å². The quantitative estimate of drug-likeness (QED) is 0.772. The van der Waals surface area contributed by atoms with Gasteiger partial charge in [0.2, 0.25) is 0 Å². The summed E-state index contributed by atoms with van der Waals surface area (Å²) in [5, 5.41) is 0.561. The summed E-state index contributed by atoms with van der Waals surface area (Å²) in [6, 6.07) is 3.86. The highest BCUT2D eigenvalue weighted by Gasteiger charge is 2.23. The maximum Gasteiger partial charge on any atom is 0.156 e. The normalized spacial score (nSPS) is 15.7. The SMILES string of the molecule is Cc1cc2ncnc(N3CCC(COc4ccncc4Cl)CC3)c2[nH]1. The molecule has 1 saturated heterocycles. The Bertz CT molecular complexity index is 873. The number of hydrogen-bond donors (Lipinski definition) is 1. The molecule has 6 nitrogen and oxygen atoms in total. The van der Waals surface area contributed by atoms with E-state index in [-0.39, 0.29) is 0 Å². The number of piperidine rings is 1. The Balaban J connectivity index is 1.39. The third-order valence-corrected chi connectivity index (χ3v) is 4.94. The van der Waals surface area contributed by atoms with E-state index >= 15 is 0 Å². The molecule has 1 N–H and O–H groups in total. The zero-order chi connectivity index (χ0) is 17.2. The Kier molecular flexibility index (Phi) is 4.44. The highest BCUT2D eigenvalue weighted by molar-refractivity contribution is 6.31. The first-order valence-electron chi connectivity index (χ1n) is 8.48. The number of H-pyrrole nitrogens is 1. The van der Waals surface area contributed by atoms with Crippen LogP contribution in [0.2, 0.25) is 5.02 Å². The van der Waals surface area contributed by atoms with Gasteiger partial charge in [-0.05, 0) is 31.7 Å². The van der Waals surface area contributed by atoms with Crippen molar-refractivity contribution in [2.24, 2.45) is 5.92 Å². The van der Waals surface area contributed by atoms with Gasteiger partial charge in [0.25, 0.3) is 0 Å². The van der Waals surface area contributed by atoms with Crippen molar-refractivity contribution in [3.8, 4) is 5.75 Å². The number of rotatable bonds is 4. The summed E-state index contributed by atoms with van der Waals surface area (Å²) in [6.45, 7) is 4.64. The summed E-state index contributed by atoms with van der Waals surface area (Å²) in [5.74, 6) is 2.22. The van der Waals surface area contributed by atoms with Crippen molar-refractivity contribution in [3.05, 3.63) is 41.6 Å². The molecule has 0 aliphatic carbocycles. The molecular formula is C18H20ClN5O. The molecule has 3 aromatic heterocycles. The molecular weight excluding hydrogens is 338 g/mol. The van der Waals surface area contributed by atoms with Crippen molar-refractivity contribution in [2.75, 3.05) is 24.6 Å². The van der Waals surface area contributed by atoms with Crippen molar-refractivity contribution in [2.45, 2.75) is 19.8 Å². The molecule has 0 bridgehead atoms. The molecule has 1 aliphatic rings. The summed E-state index contributed by atoms with van der Waals surface area (Å²) < 4.78 is 5.87. The van der Waals surface area contributed by atoms with Crippen LogP contribution in [0.5, 0.6) is 5.75 Å². The van der Waals surface area contributed by atoms with Crippen LogP contribution < -0.4 is 9.64 Å². The van der Waals surface area contributed by atoms with Crippen LogP contribution in [0.4, 0.5) is 5.82 Å². The molecule has 0 atom stereocenters. The van der Waals surface area contributed by atoms with Crippen molar-refractivity contribution in [1.82, 2.24) is 19.9 Å². The number of hydrogen-bond acceptors (Lipinski definition) is 5. The minimum atomic E-state index is 0.517. The Labute approximate surface area is 151 Å². The van der Waals surface area contributed by atoms with Crippen LogP contribution >= 0.6 is 11.6 Å². The van der Waals surface area contributed by atoms with E-state index in [9.17, 15) is 0 Å². The smallest absolute Gasteiger partial charge is 0.156 e. The van der Waals surface area contributed by atoms with Crippen LogP contribution in [-0.2, 0) is 0 Å². The van der Waals surface area contributed by atoms with E-state index in [1.165, 1.54) is 0 Å². The molecule has 0 unspecified atom stereocenters. The average molecular weight is 358 g/mol. The fraction of sp³-hybridized carbons (Fsp3) is 0.389. The molecule has 130 valence electrons. The predicted octanol–water partition coefficient (Wildman–Crippen LogP) is 3.61. The van der Waals surface area contributed by atoms with Gasteiger partial charge in [-0.25, -0.2) is 9.97 Å². The summed E-state index contributed by atoms with van der Waals surface area (Å²) in [7, 11) is 0. The van der Waals surface area contributed by atoms with E-state index in [1.54, 1.807) is 18.7 Å². The number of nitrogens with one attached hydrogen (secondary N) is 1. The van der Waals surface area contributed by atoms with Crippen LogP contribution in [0.15, 0.2) is 30.9 Å². The fourth-order valence-corrected chi connectivity index (χ4v) is 3.47. The number of nitrogens with zero attached hydrogens (tertiary/aromatic N) is 4. The lowest BCUT2D eigenvalue weighted by atomic mass is 9.98. The number of aryl methyl sites for hydroxylation is 1. The second kappa shape index (κ2) is 6.88. The van der Waals surface area contributed by atoms with Crippen LogP contribution in [0.1, 0.15) is 18.5 Å². The third kappa shape index (κ3) is 3.39. The number of aromatic nitrogens is 4. The number of fused-ring (bicyclic) bond motifs is 1. The topological polar surface area (TPSA) is 66.9 Å². The largest absolute Gasteiger partial charge is 0.492 e. The molecule has 0 spiro atoms. The minimum Gasteiger partial charge on any atom is -0.492 e. The highest BCUT2D eigenvalue weighted by Crippen LogP contribution is 2.28. The predicted molar refractivity (Wildman–Crippen MR) is 98.3 cm³/mol. The molecule has 4 rings (SSSR count). The molecule has 0 radical (unpaired) electrons. The lowest BCUT2D eigenvalue weighted by Gasteiger charge is -2.32. The second-order valence-corrected chi connectivity index (χ2v) is 6.86. The zero-order valence-electron chi connectivity index (χ0n) is 14.1. The van der Waals surface area contributed by atoms with Crippen LogP contribution in [0.25, 0.3) is 11.0 Å². The summed E-state index contributed by atoms with van der Waals surface area (Å²) >= 11 is 6.09. The Morgan fingerprint density at radius 1 is 1.32 bits per heavy atom. The van der Waals surface area contributed by atoms with Crippen molar-refractivity contribution in [1.29, 1.82) is 0 Å². The second-order valence-electron chi connectivity index (χ2n) is 6.46. The lowest BCUT2D eigenvalue weighted by molar-refractivity contribution is 0.222. The standard InChI is InChI=1S/C18H20ClN5O/c1-12-8-15-17(23-12)18(22-11-21-15)24-6-3-13(4-7-24)10-25-16-2-5-20-9-14(16)19/h2,5,8-9,11,13,23H,3-4,6-7,10H2,1H3. The first-order chi connectivity index (χ1) is 12.2. The maximum absolute atomic E-state index is 6.09. The maximum atomic E-state index is 6.09. The van der Waals surface area contributed by atoms with Gasteiger partial charge in [-0.15, -0.1) is 0 Å². The Morgan fingerprint density at radius 2 is 2.16 bits per heavy atom. The molecule has 0 amide bonds. The van der Waals surface area contributed by atoms with Crippen molar-refractivity contribution in [3.63, 3.8) is 0 Å². The van der Waals surface area contributed by atoms with E-state index in [4.69, 9.17) is 16.3 Å². The highest BCUT2D eigenvalue weighted by atomic mass is 35.5. The number of ether oxygens (including phenoxy) is 1. The zero-order valence-corrected chi connectivity index (χ0v) is 14.8. The summed E-state index contributed by atoms with van der Waals surface area (Å²) in [6.07, 6.45) is 7.08. The number of anilines is 1. The number of halogens is 1. The molecule has 0 aromatic carbocycles. The molecule has 1 fully saturated rings. The first kappa shape index (κ1) is 16.1. The minimum absolute atomic E-state index is 0.517. The van der Waals surface area contributed by atoms with E-state index in [0.29, 0.717) is 23.3 Å². The molecule has 3 aromatic rings. The lowest BCUT2D eigenvalue weighted by Crippen LogP contribution is -2.36. The van der Waals surface area contributed by atoms with Gasteiger partial charge in [0.15, 0.2) is 5.82 Å². The Hall–Kier alpha value is -2.34. The van der Waals surface area contributed by atoms with Crippen LogP contribution in [0.3, 0.4) is 0 Å². The van der Waals surface area contributed by atoms with Gasteiger partial charge < -0.3 is 14.6 Å². The fourth-order valence-electron chi connectivity index (χ4n) is 3.30. The van der Waals surface area contributed by atoms with Crippen LogP contribution in [0, 0.1) is 12.8 Å². The Morgan fingerprint density at radius 3 is 2.96 bits per heavy atom. The van der Waals surface area contributed by atoms with Gasteiger partial charge in [-0.1, -0.05) is 11.6 Å². The number of aromatic amines is 1. The van der Waals surface area contributed by atoms with Gasteiger partial charge >= 0.3 is 0 Å². The van der Waals surface area contributed by atoms with E-state index in [1.807, 2.05) is 13.0 Å². The van der Waals surface area contributed by atoms with Gasteiger partial charge in [0, 0.05) is 37.2 Å². The molecule has 4 heterocycles. The molecule has 1 aliphatic heterocycles. The molecule has 25 heavy (non-hydrogen) atoms. The van der Waals surface area contributed by atoms with Crippen LogP contribution in [-0.4, -0.2) is 39.6 Å².